The highest BCUT2D eigenvalue weighted by Gasteiger charge is 2.43. The molecule has 4 N–H and O–H groups in total. The molecule has 0 radical (unpaired) electrons. The van der Waals surface area contributed by atoms with Crippen LogP contribution in [0.1, 0.15) is 32.1 Å². The van der Waals surface area contributed by atoms with Crippen molar-refractivity contribution in [3.63, 3.8) is 0 Å². The van der Waals surface area contributed by atoms with Crippen LogP contribution in [0, 0.1) is 11.8 Å². The molecule has 3 saturated carbocycles. The summed E-state index contributed by atoms with van der Waals surface area (Å²) in [5.41, 5.74) is 11.9. The van der Waals surface area contributed by atoms with E-state index in [1.54, 1.807) is 0 Å². The summed E-state index contributed by atoms with van der Waals surface area (Å²) in [5.74, 6) is 1.63. The minimum atomic E-state index is 0.0150. The summed E-state index contributed by atoms with van der Waals surface area (Å²) in [7, 11) is 0. The largest absolute Gasteiger partial charge is 0.329 e. The number of hydrogen-bond acceptors (Lipinski definition) is 2. The second-order valence-electron chi connectivity index (χ2n) is 4.36. The van der Waals surface area contributed by atoms with Gasteiger partial charge in [0.25, 0.3) is 0 Å². The average Bonchev–Trinajstić information content (AvgIpc) is 2.06. The molecule has 2 bridgehead atoms. The number of rotatable bonds is 1. The van der Waals surface area contributed by atoms with Gasteiger partial charge in [-0.25, -0.2) is 0 Å². The molecule has 0 aromatic heterocycles. The van der Waals surface area contributed by atoms with Crippen LogP contribution >= 0.6 is 0 Å². The topological polar surface area (TPSA) is 52.0 Å². The lowest BCUT2D eigenvalue weighted by Gasteiger charge is -2.49. The van der Waals surface area contributed by atoms with Crippen molar-refractivity contribution in [2.24, 2.45) is 23.3 Å². The smallest absolute Gasteiger partial charge is 0.0309 e. The monoisotopic (exact) mass is 154 g/mol. The van der Waals surface area contributed by atoms with Crippen LogP contribution < -0.4 is 11.5 Å². The Bertz CT molecular complexity index is 150. The van der Waals surface area contributed by atoms with Gasteiger partial charge in [-0.05, 0) is 31.1 Å². The van der Waals surface area contributed by atoms with E-state index in [1.165, 1.54) is 32.1 Å². The minimum absolute atomic E-state index is 0.0150. The van der Waals surface area contributed by atoms with Gasteiger partial charge in [-0.2, -0.15) is 0 Å². The van der Waals surface area contributed by atoms with Gasteiger partial charge in [0, 0.05) is 12.1 Å². The molecule has 11 heavy (non-hydrogen) atoms. The van der Waals surface area contributed by atoms with E-state index in [2.05, 4.69) is 0 Å². The van der Waals surface area contributed by atoms with Gasteiger partial charge in [-0.1, -0.05) is 12.8 Å². The lowest BCUT2D eigenvalue weighted by atomic mass is 9.61. The van der Waals surface area contributed by atoms with Crippen molar-refractivity contribution >= 4 is 0 Å². The lowest BCUT2D eigenvalue weighted by molar-refractivity contribution is 0.0759. The predicted octanol–water partition coefficient (Wildman–Crippen LogP) is 0.853. The molecule has 1 atom stereocenters. The molecule has 3 fully saturated rings. The van der Waals surface area contributed by atoms with Gasteiger partial charge < -0.3 is 11.5 Å². The van der Waals surface area contributed by atoms with Crippen LogP contribution in [0.25, 0.3) is 0 Å². The first-order chi connectivity index (χ1) is 5.24. The van der Waals surface area contributed by atoms with E-state index in [0.717, 1.165) is 11.8 Å². The van der Waals surface area contributed by atoms with Gasteiger partial charge >= 0.3 is 0 Å². The van der Waals surface area contributed by atoms with Crippen molar-refractivity contribution in [2.45, 2.75) is 37.6 Å². The molecule has 3 aliphatic carbocycles. The lowest BCUT2D eigenvalue weighted by Crippen LogP contribution is -2.58. The van der Waals surface area contributed by atoms with Gasteiger partial charge in [-0.3, -0.25) is 0 Å². The van der Waals surface area contributed by atoms with Gasteiger partial charge in [-0.15, -0.1) is 0 Å². The quantitative estimate of drug-likeness (QED) is 0.588. The van der Waals surface area contributed by atoms with Gasteiger partial charge in [0.05, 0.1) is 0 Å². The molecular weight excluding hydrogens is 136 g/mol. The molecule has 0 aromatic rings. The molecule has 3 rings (SSSR count). The fourth-order valence-electron chi connectivity index (χ4n) is 2.90. The molecule has 0 saturated heterocycles. The third kappa shape index (κ3) is 1.09. The zero-order valence-corrected chi connectivity index (χ0v) is 7.05. The maximum Gasteiger partial charge on any atom is 0.0309 e. The molecule has 0 amide bonds. The van der Waals surface area contributed by atoms with E-state index in [1.807, 2.05) is 0 Å². The molecule has 0 spiro atoms. The molecule has 0 aromatic carbocycles. The van der Waals surface area contributed by atoms with Crippen molar-refractivity contribution < 1.29 is 0 Å². The van der Waals surface area contributed by atoms with Crippen LogP contribution in [0.3, 0.4) is 0 Å². The van der Waals surface area contributed by atoms with Crippen LogP contribution in [0.15, 0.2) is 0 Å². The maximum absolute atomic E-state index is 6.22. The van der Waals surface area contributed by atoms with E-state index >= 15 is 0 Å². The van der Waals surface area contributed by atoms with E-state index in [4.69, 9.17) is 11.5 Å². The van der Waals surface area contributed by atoms with Crippen LogP contribution in [0.2, 0.25) is 0 Å². The number of nitrogens with two attached hydrogens (primary N) is 2. The summed E-state index contributed by atoms with van der Waals surface area (Å²) in [6.45, 7) is 0.689. The summed E-state index contributed by atoms with van der Waals surface area (Å²) in [4.78, 5) is 0. The second kappa shape index (κ2) is 2.46. The Hall–Kier alpha value is -0.0800. The third-order valence-electron chi connectivity index (χ3n) is 3.71. The van der Waals surface area contributed by atoms with E-state index in [-0.39, 0.29) is 5.54 Å². The minimum Gasteiger partial charge on any atom is -0.329 e. The first kappa shape index (κ1) is 7.56. The van der Waals surface area contributed by atoms with Crippen LogP contribution in [0.4, 0.5) is 0 Å². The Kier molecular flexibility index (Phi) is 1.69. The number of hydrogen-bond donors (Lipinski definition) is 2. The Morgan fingerprint density at radius 1 is 1.18 bits per heavy atom. The SMILES string of the molecule is NC[C@]1(N)CC2CCC1CC2. The molecule has 0 heterocycles. The Morgan fingerprint density at radius 3 is 2.09 bits per heavy atom. The molecule has 0 unspecified atom stereocenters. The van der Waals surface area contributed by atoms with E-state index in [9.17, 15) is 0 Å². The first-order valence-corrected chi connectivity index (χ1v) is 4.73. The van der Waals surface area contributed by atoms with Crippen molar-refractivity contribution in [1.29, 1.82) is 0 Å². The first-order valence-electron chi connectivity index (χ1n) is 4.73. The Labute approximate surface area is 68.3 Å². The van der Waals surface area contributed by atoms with Crippen molar-refractivity contribution in [1.82, 2.24) is 0 Å². The normalized spacial score (nSPS) is 49.6. The molecule has 0 aliphatic heterocycles. The van der Waals surface area contributed by atoms with Crippen LogP contribution in [-0.4, -0.2) is 12.1 Å². The van der Waals surface area contributed by atoms with E-state index in [0.29, 0.717) is 6.54 Å². The third-order valence-corrected chi connectivity index (χ3v) is 3.71. The zero-order valence-electron chi connectivity index (χ0n) is 7.05. The summed E-state index contributed by atoms with van der Waals surface area (Å²) >= 11 is 0. The van der Waals surface area contributed by atoms with Gasteiger partial charge in [0.2, 0.25) is 0 Å². The Morgan fingerprint density at radius 2 is 1.82 bits per heavy atom. The molecule has 2 nitrogen and oxygen atoms in total. The second-order valence-corrected chi connectivity index (χ2v) is 4.36. The van der Waals surface area contributed by atoms with E-state index < -0.39 is 0 Å². The van der Waals surface area contributed by atoms with Gasteiger partial charge in [0.1, 0.15) is 0 Å². The molecule has 64 valence electrons. The van der Waals surface area contributed by atoms with Crippen molar-refractivity contribution in [2.75, 3.05) is 6.54 Å². The standard InChI is InChI=1S/C9H18N2/c10-6-9(11)5-7-1-3-8(9)4-2-7/h7-8H,1-6,10-11H2/t7?,8?,9-/m1/s1. The number of fused-ring (bicyclic) bond motifs is 3. The zero-order chi connectivity index (χ0) is 7.90. The fourth-order valence-corrected chi connectivity index (χ4v) is 2.90. The highest BCUT2D eigenvalue weighted by Crippen LogP contribution is 2.45. The van der Waals surface area contributed by atoms with Crippen LogP contribution in [0.5, 0.6) is 0 Å². The molecular formula is C9H18N2. The Balaban J connectivity index is 2.13. The molecule has 3 aliphatic rings. The van der Waals surface area contributed by atoms with Crippen molar-refractivity contribution in [3.8, 4) is 0 Å². The highest BCUT2D eigenvalue weighted by atomic mass is 14.8. The maximum atomic E-state index is 6.22. The summed E-state index contributed by atoms with van der Waals surface area (Å²) in [5, 5.41) is 0. The summed E-state index contributed by atoms with van der Waals surface area (Å²) < 4.78 is 0. The van der Waals surface area contributed by atoms with Crippen molar-refractivity contribution in [3.05, 3.63) is 0 Å². The average molecular weight is 154 g/mol. The summed E-state index contributed by atoms with van der Waals surface area (Å²) in [6.07, 6.45) is 6.66. The summed E-state index contributed by atoms with van der Waals surface area (Å²) in [6, 6.07) is 0. The predicted molar refractivity (Wildman–Crippen MR) is 46.0 cm³/mol. The molecule has 2 heteroatoms. The van der Waals surface area contributed by atoms with Crippen LogP contribution in [-0.2, 0) is 0 Å². The fraction of sp³-hybridized carbons (Fsp3) is 1.00. The highest BCUT2D eigenvalue weighted by molar-refractivity contribution is 5.01. The van der Waals surface area contributed by atoms with Gasteiger partial charge in [0.15, 0.2) is 0 Å².